The molecule has 0 aliphatic heterocycles. The van der Waals surface area contributed by atoms with Gasteiger partial charge >= 0.3 is 147 Å². The molecule has 0 nitrogen and oxygen atoms in total. The summed E-state index contributed by atoms with van der Waals surface area (Å²) in [6.07, 6.45) is 19.1. The molecule has 0 atom stereocenters. The van der Waals surface area contributed by atoms with Gasteiger partial charge in [-0.1, -0.05) is 0 Å². The van der Waals surface area contributed by atoms with E-state index in [4.69, 9.17) is 17.8 Å². The molecule has 0 aromatic heterocycles. The Morgan fingerprint density at radius 3 is 1.10 bits per heavy atom. The van der Waals surface area contributed by atoms with E-state index in [1.807, 2.05) is 0 Å². The molecular formula is C18H38Cl2Sn. The second-order valence-electron chi connectivity index (χ2n) is 6.60. The molecule has 0 unspecified atom stereocenters. The van der Waals surface area contributed by atoms with Crippen LogP contribution in [0.2, 0.25) is 8.87 Å². The average Bonchev–Trinajstić information content (AvgIpc) is 2.45. The van der Waals surface area contributed by atoms with Gasteiger partial charge < -0.3 is 0 Å². The number of rotatable bonds is 16. The van der Waals surface area contributed by atoms with E-state index in [0.29, 0.717) is 0 Å². The van der Waals surface area contributed by atoms with Crippen molar-refractivity contribution in [1.29, 1.82) is 0 Å². The Kier molecular flexibility index (Phi) is 17.3. The van der Waals surface area contributed by atoms with Gasteiger partial charge in [-0.2, -0.15) is 0 Å². The van der Waals surface area contributed by atoms with Crippen LogP contribution in [0, 0.1) is 0 Å². The SMILES string of the molecule is CCCCCCCC[CH2][Sn]([Cl])([Cl])[CH2]CCCCCCCC. The molecule has 0 aromatic rings. The van der Waals surface area contributed by atoms with Crippen LogP contribution < -0.4 is 0 Å². The van der Waals surface area contributed by atoms with Crippen molar-refractivity contribution in [2.75, 3.05) is 0 Å². The van der Waals surface area contributed by atoms with Crippen LogP contribution in [-0.4, -0.2) is 16.1 Å². The van der Waals surface area contributed by atoms with Crippen LogP contribution in [0.4, 0.5) is 0 Å². The Morgan fingerprint density at radius 2 is 0.762 bits per heavy atom. The van der Waals surface area contributed by atoms with Gasteiger partial charge in [0, 0.05) is 0 Å². The van der Waals surface area contributed by atoms with Crippen molar-refractivity contribution in [2.24, 2.45) is 0 Å². The molecule has 0 rings (SSSR count). The molecule has 0 fully saturated rings. The maximum atomic E-state index is 6.64. The van der Waals surface area contributed by atoms with Crippen molar-refractivity contribution in [2.45, 2.75) is 113 Å². The summed E-state index contributed by atoms with van der Waals surface area (Å²) in [5.74, 6) is 0. The average molecular weight is 444 g/mol. The summed E-state index contributed by atoms with van der Waals surface area (Å²) in [5.41, 5.74) is 0. The van der Waals surface area contributed by atoms with Gasteiger partial charge in [-0.05, 0) is 0 Å². The summed E-state index contributed by atoms with van der Waals surface area (Å²) in [6, 6.07) is 0. The zero-order valence-corrected chi connectivity index (χ0v) is 18.9. The van der Waals surface area contributed by atoms with Crippen LogP contribution in [0.5, 0.6) is 0 Å². The molecule has 0 radical (unpaired) electrons. The third-order valence-electron chi connectivity index (χ3n) is 4.29. The van der Waals surface area contributed by atoms with Crippen molar-refractivity contribution in [3.63, 3.8) is 0 Å². The molecule has 128 valence electrons. The van der Waals surface area contributed by atoms with Gasteiger partial charge in [0.2, 0.25) is 0 Å². The summed E-state index contributed by atoms with van der Waals surface area (Å²) in [6.45, 7) is 4.54. The van der Waals surface area contributed by atoms with Gasteiger partial charge in [0.1, 0.15) is 0 Å². The van der Waals surface area contributed by atoms with E-state index in [2.05, 4.69) is 13.8 Å². The first kappa shape index (κ1) is 22.4. The first-order valence-electron chi connectivity index (χ1n) is 9.50. The topological polar surface area (TPSA) is 0 Å². The predicted octanol–water partition coefficient (Wildman–Crippen LogP) is 8.41. The first-order chi connectivity index (χ1) is 10.1. The third kappa shape index (κ3) is 17.6. The second-order valence-corrected chi connectivity index (χ2v) is 25.3. The summed E-state index contributed by atoms with van der Waals surface area (Å²) >= 11 is -2.65. The minimum atomic E-state index is -2.65. The summed E-state index contributed by atoms with van der Waals surface area (Å²) < 4.78 is 2.36. The Bertz CT molecular complexity index is 187. The van der Waals surface area contributed by atoms with E-state index < -0.39 is 16.1 Å². The van der Waals surface area contributed by atoms with E-state index in [9.17, 15) is 0 Å². The van der Waals surface area contributed by atoms with Gasteiger partial charge in [-0.15, -0.1) is 0 Å². The molecule has 0 saturated carbocycles. The molecule has 0 bridgehead atoms. The fourth-order valence-corrected chi connectivity index (χ4v) is 11.5. The standard InChI is InChI=1S/2C9H19.2ClH.Sn/c2*1-3-5-7-9-8-6-4-2;;;/h2*1,3-9H2,2H3;2*1H;/q;;;;+2/p-2. The number of halogens is 2. The van der Waals surface area contributed by atoms with Crippen LogP contribution in [0.15, 0.2) is 0 Å². The molecular weight excluding hydrogens is 406 g/mol. The Balaban J connectivity index is 3.35. The first-order valence-corrected chi connectivity index (χ1v) is 20.8. The second kappa shape index (κ2) is 16.2. The maximum absolute atomic E-state index is 6.64. The molecule has 21 heavy (non-hydrogen) atoms. The van der Waals surface area contributed by atoms with Crippen molar-refractivity contribution in [3.8, 4) is 0 Å². The molecule has 0 aromatic carbocycles. The van der Waals surface area contributed by atoms with Crippen LogP contribution in [0.3, 0.4) is 0 Å². The Hall–Kier alpha value is 1.38. The molecule has 0 aliphatic carbocycles. The fraction of sp³-hybridized carbons (Fsp3) is 1.00. The molecule has 0 heterocycles. The fourth-order valence-electron chi connectivity index (χ4n) is 2.81. The number of hydrogen-bond donors (Lipinski definition) is 0. The van der Waals surface area contributed by atoms with Gasteiger partial charge in [0.15, 0.2) is 0 Å². The zero-order chi connectivity index (χ0) is 15.8. The number of unbranched alkanes of at least 4 members (excludes halogenated alkanes) is 12. The van der Waals surface area contributed by atoms with Crippen molar-refractivity contribution >= 4 is 34.0 Å². The van der Waals surface area contributed by atoms with Crippen LogP contribution >= 0.6 is 17.8 Å². The van der Waals surface area contributed by atoms with Crippen LogP contribution in [0.25, 0.3) is 0 Å². The van der Waals surface area contributed by atoms with E-state index in [1.54, 1.807) is 0 Å². The van der Waals surface area contributed by atoms with Crippen molar-refractivity contribution < 1.29 is 0 Å². The Labute approximate surface area is 146 Å². The zero-order valence-electron chi connectivity index (χ0n) is 14.6. The van der Waals surface area contributed by atoms with E-state index >= 15 is 0 Å². The molecule has 0 aliphatic rings. The van der Waals surface area contributed by atoms with Crippen molar-refractivity contribution in [1.82, 2.24) is 0 Å². The van der Waals surface area contributed by atoms with Crippen LogP contribution in [0.1, 0.15) is 104 Å². The monoisotopic (exact) mass is 444 g/mol. The van der Waals surface area contributed by atoms with E-state index in [1.165, 1.54) is 98.8 Å². The van der Waals surface area contributed by atoms with Gasteiger partial charge in [-0.3, -0.25) is 0 Å². The normalized spacial score (nSPS) is 12.0. The molecule has 0 saturated heterocycles. The van der Waals surface area contributed by atoms with E-state index in [0.717, 1.165) is 0 Å². The van der Waals surface area contributed by atoms with Crippen molar-refractivity contribution in [3.05, 3.63) is 0 Å². The van der Waals surface area contributed by atoms with E-state index in [-0.39, 0.29) is 0 Å². The quantitative estimate of drug-likeness (QED) is 0.166. The summed E-state index contributed by atoms with van der Waals surface area (Å²) in [4.78, 5) is 0. The summed E-state index contributed by atoms with van der Waals surface area (Å²) in [5, 5.41) is 0. The molecule has 3 heteroatoms. The van der Waals surface area contributed by atoms with Gasteiger partial charge in [0.05, 0.1) is 0 Å². The van der Waals surface area contributed by atoms with Crippen LogP contribution in [-0.2, 0) is 0 Å². The van der Waals surface area contributed by atoms with Gasteiger partial charge in [-0.25, -0.2) is 0 Å². The predicted molar refractivity (Wildman–Crippen MR) is 103 cm³/mol. The molecule has 0 amide bonds. The summed E-state index contributed by atoms with van der Waals surface area (Å²) in [7, 11) is 13.3. The minimum absolute atomic E-state index is 1.18. The third-order valence-corrected chi connectivity index (χ3v) is 15.6. The number of hydrogen-bond acceptors (Lipinski definition) is 0. The Morgan fingerprint density at radius 1 is 0.476 bits per heavy atom. The molecule has 0 spiro atoms. The molecule has 0 N–H and O–H groups in total. The van der Waals surface area contributed by atoms with Gasteiger partial charge in [0.25, 0.3) is 0 Å².